The third-order valence-corrected chi connectivity index (χ3v) is 6.43. The first-order valence-electron chi connectivity index (χ1n) is 10.8. The van der Waals surface area contributed by atoms with E-state index in [9.17, 15) is 9.90 Å². The summed E-state index contributed by atoms with van der Waals surface area (Å²) in [5.41, 5.74) is 6.28. The smallest absolute Gasteiger partial charge is 0.259 e. The van der Waals surface area contributed by atoms with E-state index in [-0.39, 0.29) is 12.5 Å². The first-order valence-corrected chi connectivity index (χ1v) is 11.6. The number of hydrogen-bond acceptors (Lipinski definition) is 7. The molecule has 2 N–H and O–H groups in total. The molecule has 0 spiro atoms. The number of amides is 1. The molecule has 5 aromatic rings. The van der Waals surface area contributed by atoms with E-state index in [4.69, 9.17) is 5.26 Å². The molecule has 0 aliphatic rings. The Hall–Kier alpha value is -4.45. The highest BCUT2D eigenvalue weighted by molar-refractivity contribution is 7.22. The SMILES string of the molecule is Cc1cc(-c2ccccc2CO)c(C(=O)Nc2nc3ccc(-c4ccc(C#N)cc4)nc3s2)cn1. The molecule has 1 amide bonds. The van der Waals surface area contributed by atoms with Crippen molar-refractivity contribution in [3.8, 4) is 28.5 Å². The topological polar surface area (TPSA) is 112 Å². The Bertz CT molecular complexity index is 1600. The van der Waals surface area contributed by atoms with Gasteiger partial charge in [-0.3, -0.25) is 15.1 Å². The number of rotatable bonds is 5. The molecule has 35 heavy (non-hydrogen) atoms. The number of pyridine rings is 2. The van der Waals surface area contributed by atoms with Crippen LogP contribution in [0.4, 0.5) is 5.13 Å². The summed E-state index contributed by atoms with van der Waals surface area (Å²) in [6.45, 7) is 1.72. The Kier molecular flexibility index (Phi) is 6.02. The van der Waals surface area contributed by atoms with Crippen molar-refractivity contribution in [2.75, 3.05) is 5.32 Å². The number of aromatic nitrogens is 3. The second kappa shape index (κ2) is 9.43. The molecule has 0 bridgehead atoms. The molecule has 0 saturated carbocycles. The van der Waals surface area contributed by atoms with Gasteiger partial charge in [-0.15, -0.1) is 0 Å². The summed E-state index contributed by atoms with van der Waals surface area (Å²) < 4.78 is 0. The van der Waals surface area contributed by atoms with Crippen molar-refractivity contribution in [1.82, 2.24) is 15.0 Å². The van der Waals surface area contributed by atoms with Gasteiger partial charge in [-0.2, -0.15) is 5.26 Å². The van der Waals surface area contributed by atoms with E-state index < -0.39 is 0 Å². The number of hydrogen-bond donors (Lipinski definition) is 2. The molecule has 0 unspecified atom stereocenters. The largest absolute Gasteiger partial charge is 0.392 e. The van der Waals surface area contributed by atoms with Crippen LogP contribution >= 0.6 is 11.3 Å². The van der Waals surface area contributed by atoms with E-state index >= 15 is 0 Å². The Morgan fingerprint density at radius 2 is 1.86 bits per heavy atom. The van der Waals surface area contributed by atoms with Gasteiger partial charge in [-0.1, -0.05) is 47.7 Å². The lowest BCUT2D eigenvalue weighted by Crippen LogP contribution is -2.14. The van der Waals surface area contributed by atoms with Crippen molar-refractivity contribution in [2.45, 2.75) is 13.5 Å². The number of anilines is 1. The number of nitrogens with zero attached hydrogens (tertiary/aromatic N) is 4. The van der Waals surface area contributed by atoms with Gasteiger partial charge in [0.1, 0.15) is 10.3 Å². The second-order valence-electron chi connectivity index (χ2n) is 7.87. The molecule has 2 aromatic carbocycles. The highest BCUT2D eigenvalue weighted by atomic mass is 32.1. The predicted octanol–water partition coefficient (Wildman–Crippen LogP) is 5.35. The monoisotopic (exact) mass is 477 g/mol. The maximum Gasteiger partial charge on any atom is 0.259 e. The Labute approximate surface area is 205 Å². The third-order valence-electron chi connectivity index (χ3n) is 5.55. The highest BCUT2D eigenvalue weighted by Crippen LogP contribution is 2.31. The first kappa shape index (κ1) is 22.3. The molecule has 0 aliphatic heterocycles. The number of carbonyl (C=O) groups excluding carboxylic acids is 1. The fraction of sp³-hybridized carbons (Fsp3) is 0.0741. The van der Waals surface area contributed by atoms with Gasteiger partial charge < -0.3 is 5.11 Å². The van der Waals surface area contributed by atoms with Crippen LogP contribution in [-0.4, -0.2) is 26.0 Å². The Morgan fingerprint density at radius 3 is 2.63 bits per heavy atom. The van der Waals surface area contributed by atoms with E-state index in [0.717, 1.165) is 28.1 Å². The maximum atomic E-state index is 13.3. The van der Waals surface area contributed by atoms with Crippen LogP contribution in [-0.2, 0) is 6.61 Å². The predicted molar refractivity (Wildman–Crippen MR) is 136 cm³/mol. The van der Waals surface area contributed by atoms with Gasteiger partial charge in [0.15, 0.2) is 5.13 Å². The summed E-state index contributed by atoms with van der Waals surface area (Å²) in [5, 5.41) is 22.1. The average molecular weight is 478 g/mol. The molecule has 0 fully saturated rings. The zero-order valence-corrected chi connectivity index (χ0v) is 19.5. The number of aliphatic hydroxyl groups excluding tert-OH is 1. The van der Waals surface area contributed by atoms with Crippen LogP contribution in [0.1, 0.15) is 27.2 Å². The molecule has 8 heteroatoms. The van der Waals surface area contributed by atoms with E-state index in [1.807, 2.05) is 61.5 Å². The summed E-state index contributed by atoms with van der Waals surface area (Å²) in [5.74, 6) is -0.341. The molecule has 0 aliphatic carbocycles. The summed E-state index contributed by atoms with van der Waals surface area (Å²) in [4.78, 5) is 27.4. The van der Waals surface area contributed by atoms with Crippen LogP contribution in [0.15, 0.2) is 72.9 Å². The molecule has 7 nitrogen and oxygen atoms in total. The van der Waals surface area contributed by atoms with Gasteiger partial charge in [-0.25, -0.2) is 9.97 Å². The summed E-state index contributed by atoms with van der Waals surface area (Å²) in [6, 6.07) is 22.3. The minimum atomic E-state index is -0.341. The lowest BCUT2D eigenvalue weighted by atomic mass is 9.96. The highest BCUT2D eigenvalue weighted by Gasteiger charge is 2.18. The fourth-order valence-electron chi connectivity index (χ4n) is 3.80. The molecule has 3 aromatic heterocycles. The number of carbonyl (C=O) groups is 1. The van der Waals surface area contributed by atoms with Gasteiger partial charge in [0.05, 0.1) is 29.5 Å². The quantitative estimate of drug-likeness (QED) is 0.353. The van der Waals surface area contributed by atoms with Gasteiger partial charge in [0.25, 0.3) is 5.91 Å². The van der Waals surface area contributed by atoms with Gasteiger partial charge in [-0.05, 0) is 53.9 Å². The van der Waals surface area contributed by atoms with Crippen molar-refractivity contribution >= 4 is 32.7 Å². The molecule has 0 radical (unpaired) electrons. The van der Waals surface area contributed by atoms with Gasteiger partial charge in [0, 0.05) is 17.5 Å². The standard InChI is InChI=1S/C27H19N5O2S/c1-16-12-21(20-5-3-2-4-19(20)15-33)22(14-29-16)25(34)32-27-31-24-11-10-23(30-26(24)35-27)18-8-6-17(13-28)7-9-18/h2-12,14,33H,15H2,1H3,(H,31,32,34). The third kappa shape index (κ3) is 4.51. The summed E-state index contributed by atoms with van der Waals surface area (Å²) in [7, 11) is 0. The van der Waals surface area contributed by atoms with E-state index in [1.54, 1.807) is 18.3 Å². The number of aryl methyl sites for hydroxylation is 1. The number of benzene rings is 2. The molecule has 5 rings (SSSR count). The zero-order valence-electron chi connectivity index (χ0n) is 18.7. The normalized spacial score (nSPS) is 10.8. The van der Waals surface area contributed by atoms with Crippen LogP contribution in [0.5, 0.6) is 0 Å². The van der Waals surface area contributed by atoms with Crippen LogP contribution in [0, 0.1) is 18.3 Å². The second-order valence-corrected chi connectivity index (χ2v) is 8.85. The lowest BCUT2D eigenvalue weighted by molar-refractivity contribution is 0.102. The number of nitrogens with one attached hydrogen (secondary N) is 1. The van der Waals surface area contributed by atoms with Crippen LogP contribution in [0.3, 0.4) is 0 Å². The minimum Gasteiger partial charge on any atom is -0.392 e. The van der Waals surface area contributed by atoms with E-state index in [2.05, 4.69) is 26.3 Å². The van der Waals surface area contributed by atoms with Gasteiger partial charge >= 0.3 is 0 Å². The summed E-state index contributed by atoms with van der Waals surface area (Å²) in [6.07, 6.45) is 1.54. The van der Waals surface area contributed by atoms with Crippen molar-refractivity contribution in [1.29, 1.82) is 5.26 Å². The first-order chi connectivity index (χ1) is 17.1. The van der Waals surface area contributed by atoms with Crippen LogP contribution in [0.25, 0.3) is 32.7 Å². The fourth-order valence-corrected chi connectivity index (χ4v) is 4.63. The van der Waals surface area contributed by atoms with Crippen LogP contribution < -0.4 is 5.32 Å². The number of nitriles is 1. The van der Waals surface area contributed by atoms with E-state index in [0.29, 0.717) is 32.2 Å². The number of thiazole rings is 1. The Balaban J connectivity index is 1.46. The maximum absolute atomic E-state index is 13.3. The lowest BCUT2D eigenvalue weighted by Gasteiger charge is -2.13. The molecule has 3 heterocycles. The summed E-state index contributed by atoms with van der Waals surface area (Å²) >= 11 is 1.28. The molecule has 170 valence electrons. The molecular formula is C27H19N5O2S. The van der Waals surface area contributed by atoms with Crippen LogP contribution in [0.2, 0.25) is 0 Å². The molecular weight excluding hydrogens is 458 g/mol. The van der Waals surface area contributed by atoms with Crippen molar-refractivity contribution < 1.29 is 9.90 Å². The molecule has 0 saturated heterocycles. The average Bonchev–Trinajstić information content (AvgIpc) is 3.30. The van der Waals surface area contributed by atoms with Crippen molar-refractivity contribution in [2.24, 2.45) is 0 Å². The molecule has 0 atom stereocenters. The minimum absolute atomic E-state index is 0.135. The van der Waals surface area contributed by atoms with Crippen molar-refractivity contribution in [3.63, 3.8) is 0 Å². The zero-order chi connectivity index (χ0) is 24.4. The number of aliphatic hydroxyl groups is 1. The van der Waals surface area contributed by atoms with Crippen molar-refractivity contribution in [3.05, 3.63) is 95.3 Å². The number of fused-ring (bicyclic) bond motifs is 1. The Morgan fingerprint density at radius 1 is 1.06 bits per heavy atom. The van der Waals surface area contributed by atoms with E-state index in [1.165, 1.54) is 11.3 Å². The van der Waals surface area contributed by atoms with Gasteiger partial charge in [0.2, 0.25) is 0 Å².